The van der Waals surface area contributed by atoms with E-state index >= 15 is 0 Å². The third kappa shape index (κ3) is 6.14. The number of sulfonamides is 1. The lowest BCUT2D eigenvalue weighted by atomic mass is 10.2. The van der Waals surface area contributed by atoms with Crippen molar-refractivity contribution < 1.29 is 26.7 Å². The smallest absolute Gasteiger partial charge is 0.387 e. The van der Waals surface area contributed by atoms with E-state index in [2.05, 4.69) is 15.4 Å². The van der Waals surface area contributed by atoms with Crippen LogP contribution in [0, 0.1) is 0 Å². The van der Waals surface area contributed by atoms with Crippen LogP contribution >= 0.6 is 0 Å². The van der Waals surface area contributed by atoms with Gasteiger partial charge in [-0.3, -0.25) is 4.79 Å². The molecular weight excluding hydrogens is 416 g/mol. The lowest BCUT2D eigenvalue weighted by Crippen LogP contribution is -2.22. The van der Waals surface area contributed by atoms with Crippen LogP contribution in [0.3, 0.4) is 0 Å². The molecule has 10 heteroatoms. The molecular formula is C20H25F2N3O4S. The second kappa shape index (κ2) is 10.4. The van der Waals surface area contributed by atoms with Crippen LogP contribution < -0.4 is 15.4 Å². The van der Waals surface area contributed by atoms with E-state index in [1.807, 2.05) is 6.92 Å². The summed E-state index contributed by atoms with van der Waals surface area (Å²) in [7, 11) is -0.851. The summed E-state index contributed by atoms with van der Waals surface area (Å²) < 4.78 is 54.8. The summed E-state index contributed by atoms with van der Waals surface area (Å²) >= 11 is 0. The number of alkyl halides is 2. The zero-order valence-electron chi connectivity index (χ0n) is 17.0. The Morgan fingerprint density at radius 3 is 2.33 bits per heavy atom. The lowest BCUT2D eigenvalue weighted by Gasteiger charge is -2.17. The van der Waals surface area contributed by atoms with Gasteiger partial charge in [-0.1, -0.05) is 13.3 Å². The average Bonchev–Trinajstić information content (AvgIpc) is 2.69. The van der Waals surface area contributed by atoms with Crippen LogP contribution in [0.1, 0.15) is 30.1 Å². The van der Waals surface area contributed by atoms with Crippen LogP contribution in [0.5, 0.6) is 5.75 Å². The Hall–Kier alpha value is -2.72. The summed E-state index contributed by atoms with van der Waals surface area (Å²) in [6, 6.07) is 9.66. The molecule has 0 aliphatic rings. The first-order valence-electron chi connectivity index (χ1n) is 9.31. The fraction of sp³-hybridized carbons (Fsp3) is 0.350. The van der Waals surface area contributed by atoms with Crippen molar-refractivity contribution in [2.24, 2.45) is 0 Å². The molecule has 0 spiro atoms. The standard InChI is InChI=1S/C20H25F2N3O4S/c1-4-5-12-23-17-11-10-16(30(27,28)25(2)3)13-18(17)24-19(26)14-6-8-15(9-7-14)29-20(21)22/h6-11,13,20,23H,4-5,12H2,1-3H3,(H,24,26). The third-order valence-electron chi connectivity index (χ3n) is 4.21. The van der Waals surface area contributed by atoms with E-state index < -0.39 is 22.5 Å². The topological polar surface area (TPSA) is 87.7 Å². The van der Waals surface area contributed by atoms with Gasteiger partial charge in [-0.05, 0) is 48.9 Å². The molecule has 0 fully saturated rings. The highest BCUT2D eigenvalue weighted by Crippen LogP contribution is 2.27. The number of amides is 1. The first-order valence-corrected chi connectivity index (χ1v) is 10.8. The largest absolute Gasteiger partial charge is 0.435 e. The number of benzene rings is 2. The summed E-state index contributed by atoms with van der Waals surface area (Å²) in [5, 5.41) is 5.88. The van der Waals surface area contributed by atoms with Gasteiger partial charge in [-0.15, -0.1) is 0 Å². The lowest BCUT2D eigenvalue weighted by molar-refractivity contribution is -0.0498. The van der Waals surface area contributed by atoms with Crippen molar-refractivity contribution in [3.8, 4) is 5.75 Å². The van der Waals surface area contributed by atoms with E-state index in [0.29, 0.717) is 17.9 Å². The Morgan fingerprint density at radius 1 is 1.10 bits per heavy atom. The number of carbonyl (C=O) groups excluding carboxylic acids is 1. The molecule has 2 aromatic carbocycles. The van der Waals surface area contributed by atoms with E-state index in [4.69, 9.17) is 0 Å². The number of nitrogens with zero attached hydrogens (tertiary/aromatic N) is 1. The van der Waals surface area contributed by atoms with Crippen molar-refractivity contribution in [3.05, 3.63) is 48.0 Å². The zero-order chi connectivity index (χ0) is 22.3. The SMILES string of the molecule is CCCCNc1ccc(S(=O)(=O)N(C)C)cc1NC(=O)c1ccc(OC(F)F)cc1. The summed E-state index contributed by atoms with van der Waals surface area (Å²) in [4.78, 5) is 12.7. The van der Waals surface area contributed by atoms with E-state index in [0.717, 1.165) is 17.1 Å². The predicted molar refractivity (Wildman–Crippen MR) is 112 cm³/mol. The molecule has 0 saturated heterocycles. The van der Waals surface area contributed by atoms with Gasteiger partial charge in [0.1, 0.15) is 5.75 Å². The predicted octanol–water partition coefficient (Wildman–Crippen LogP) is 4.00. The molecule has 0 aliphatic heterocycles. The normalized spacial score (nSPS) is 11.6. The molecule has 2 rings (SSSR count). The van der Waals surface area contributed by atoms with Crippen LogP contribution in [-0.2, 0) is 10.0 Å². The molecule has 0 unspecified atom stereocenters. The molecule has 0 radical (unpaired) electrons. The minimum Gasteiger partial charge on any atom is -0.435 e. The van der Waals surface area contributed by atoms with Crippen molar-refractivity contribution in [3.63, 3.8) is 0 Å². The number of hydrogen-bond donors (Lipinski definition) is 2. The summed E-state index contributed by atoms with van der Waals surface area (Å²) in [6.45, 7) is -0.264. The number of nitrogens with one attached hydrogen (secondary N) is 2. The summed E-state index contributed by atoms with van der Waals surface area (Å²) in [5.41, 5.74) is 1.08. The Bertz CT molecular complexity index is 965. The second-order valence-electron chi connectivity index (χ2n) is 6.63. The number of rotatable bonds is 10. The fourth-order valence-corrected chi connectivity index (χ4v) is 3.46. The first-order chi connectivity index (χ1) is 14.1. The monoisotopic (exact) mass is 441 g/mol. The molecule has 30 heavy (non-hydrogen) atoms. The van der Waals surface area contributed by atoms with Gasteiger partial charge < -0.3 is 15.4 Å². The second-order valence-corrected chi connectivity index (χ2v) is 8.78. The minimum absolute atomic E-state index is 0.0320. The van der Waals surface area contributed by atoms with E-state index in [1.165, 1.54) is 50.5 Å². The molecule has 0 atom stereocenters. The number of halogens is 2. The van der Waals surface area contributed by atoms with Crippen molar-refractivity contribution >= 4 is 27.3 Å². The van der Waals surface area contributed by atoms with E-state index in [9.17, 15) is 22.0 Å². The quantitative estimate of drug-likeness (QED) is 0.544. The van der Waals surface area contributed by atoms with Gasteiger partial charge in [0.2, 0.25) is 10.0 Å². The van der Waals surface area contributed by atoms with Gasteiger partial charge in [-0.2, -0.15) is 8.78 Å². The van der Waals surface area contributed by atoms with Crippen molar-refractivity contribution in [1.29, 1.82) is 0 Å². The Labute approximate surface area is 175 Å². The number of anilines is 2. The van der Waals surface area contributed by atoms with Gasteiger partial charge in [-0.25, -0.2) is 12.7 Å². The Morgan fingerprint density at radius 2 is 1.77 bits per heavy atom. The number of hydrogen-bond acceptors (Lipinski definition) is 5. The van der Waals surface area contributed by atoms with E-state index in [1.54, 1.807) is 6.07 Å². The Balaban J connectivity index is 2.30. The number of ether oxygens (including phenoxy) is 1. The van der Waals surface area contributed by atoms with Gasteiger partial charge in [0, 0.05) is 26.2 Å². The molecule has 7 nitrogen and oxygen atoms in total. The fourth-order valence-electron chi connectivity index (χ4n) is 2.53. The summed E-state index contributed by atoms with van der Waals surface area (Å²) in [6.07, 6.45) is 1.87. The van der Waals surface area contributed by atoms with Crippen molar-refractivity contribution in [2.45, 2.75) is 31.3 Å². The molecule has 0 bridgehead atoms. The van der Waals surface area contributed by atoms with Gasteiger partial charge in [0.05, 0.1) is 16.3 Å². The molecule has 0 saturated carbocycles. The molecule has 0 aliphatic carbocycles. The third-order valence-corrected chi connectivity index (χ3v) is 6.02. The highest BCUT2D eigenvalue weighted by molar-refractivity contribution is 7.89. The van der Waals surface area contributed by atoms with Crippen LogP contribution in [0.15, 0.2) is 47.4 Å². The van der Waals surface area contributed by atoms with Crippen molar-refractivity contribution in [1.82, 2.24) is 4.31 Å². The highest BCUT2D eigenvalue weighted by atomic mass is 32.2. The van der Waals surface area contributed by atoms with Gasteiger partial charge >= 0.3 is 6.61 Å². The zero-order valence-corrected chi connectivity index (χ0v) is 17.8. The van der Waals surface area contributed by atoms with E-state index in [-0.39, 0.29) is 16.2 Å². The maximum absolute atomic E-state index is 12.6. The Kier molecular flexibility index (Phi) is 8.13. The van der Waals surface area contributed by atoms with Gasteiger partial charge in [0.15, 0.2) is 0 Å². The maximum atomic E-state index is 12.6. The highest BCUT2D eigenvalue weighted by Gasteiger charge is 2.20. The minimum atomic E-state index is -3.69. The van der Waals surface area contributed by atoms with Crippen molar-refractivity contribution in [2.75, 3.05) is 31.3 Å². The molecule has 0 aromatic heterocycles. The van der Waals surface area contributed by atoms with Crippen LogP contribution in [-0.4, -0.2) is 45.9 Å². The average molecular weight is 442 g/mol. The van der Waals surface area contributed by atoms with Crippen LogP contribution in [0.2, 0.25) is 0 Å². The number of carbonyl (C=O) groups is 1. The first kappa shape index (κ1) is 23.6. The van der Waals surface area contributed by atoms with Crippen LogP contribution in [0.4, 0.5) is 20.2 Å². The van der Waals surface area contributed by atoms with Crippen LogP contribution in [0.25, 0.3) is 0 Å². The number of unbranched alkanes of at least 4 members (excludes halogenated alkanes) is 1. The molecule has 0 heterocycles. The molecule has 164 valence electrons. The summed E-state index contributed by atoms with van der Waals surface area (Å²) in [5.74, 6) is -0.584. The maximum Gasteiger partial charge on any atom is 0.387 e. The molecule has 2 aromatic rings. The van der Waals surface area contributed by atoms with Gasteiger partial charge in [0.25, 0.3) is 5.91 Å². The molecule has 2 N–H and O–H groups in total. The molecule has 1 amide bonds.